The number of aryl methyl sites for hydroxylation is 1. The molecule has 1 aromatic rings. The maximum atomic E-state index is 11.7. The summed E-state index contributed by atoms with van der Waals surface area (Å²) in [6.07, 6.45) is 3.29. The SMILES string of the molecule is Cc1cnc2c(c1)N1C(=O)CCC1CO2. The van der Waals surface area contributed by atoms with E-state index in [-0.39, 0.29) is 11.9 Å². The van der Waals surface area contributed by atoms with E-state index in [1.165, 1.54) is 0 Å². The van der Waals surface area contributed by atoms with Gasteiger partial charge < -0.3 is 9.64 Å². The molecule has 1 amide bonds. The Morgan fingerprint density at radius 3 is 3.33 bits per heavy atom. The van der Waals surface area contributed by atoms with Crippen LogP contribution in [0.5, 0.6) is 5.88 Å². The molecule has 0 aromatic carbocycles. The fraction of sp³-hybridized carbons (Fsp3) is 0.455. The van der Waals surface area contributed by atoms with Gasteiger partial charge in [0.1, 0.15) is 12.3 Å². The van der Waals surface area contributed by atoms with Crippen LogP contribution in [-0.4, -0.2) is 23.5 Å². The molecule has 0 saturated carbocycles. The maximum Gasteiger partial charge on any atom is 0.238 e. The molecule has 1 unspecified atom stereocenters. The molecule has 78 valence electrons. The second-order valence-corrected chi connectivity index (χ2v) is 4.10. The van der Waals surface area contributed by atoms with E-state index in [0.717, 1.165) is 17.7 Å². The van der Waals surface area contributed by atoms with Crippen molar-refractivity contribution in [2.24, 2.45) is 0 Å². The first-order chi connectivity index (χ1) is 7.25. The normalized spacial score (nSPS) is 23.4. The van der Waals surface area contributed by atoms with Crippen molar-refractivity contribution in [3.8, 4) is 5.88 Å². The topological polar surface area (TPSA) is 42.4 Å². The van der Waals surface area contributed by atoms with Gasteiger partial charge in [-0.25, -0.2) is 4.98 Å². The predicted octanol–water partition coefficient (Wildman–Crippen LogP) is 1.28. The highest BCUT2D eigenvalue weighted by Gasteiger charge is 2.37. The molecule has 3 heterocycles. The van der Waals surface area contributed by atoms with Crippen LogP contribution in [0.25, 0.3) is 0 Å². The Bertz CT molecular complexity index is 431. The molecule has 0 aliphatic carbocycles. The molecule has 1 aromatic heterocycles. The van der Waals surface area contributed by atoms with E-state index in [0.29, 0.717) is 18.9 Å². The number of hydrogen-bond acceptors (Lipinski definition) is 3. The van der Waals surface area contributed by atoms with Crippen molar-refractivity contribution in [2.75, 3.05) is 11.5 Å². The smallest absolute Gasteiger partial charge is 0.238 e. The minimum Gasteiger partial charge on any atom is -0.474 e. The highest BCUT2D eigenvalue weighted by atomic mass is 16.5. The summed E-state index contributed by atoms with van der Waals surface area (Å²) in [4.78, 5) is 17.8. The van der Waals surface area contributed by atoms with E-state index in [1.807, 2.05) is 17.9 Å². The summed E-state index contributed by atoms with van der Waals surface area (Å²) < 4.78 is 5.54. The Morgan fingerprint density at radius 1 is 1.60 bits per heavy atom. The molecule has 0 radical (unpaired) electrons. The van der Waals surface area contributed by atoms with Crippen LogP contribution in [0.1, 0.15) is 18.4 Å². The van der Waals surface area contributed by atoms with Crippen molar-refractivity contribution in [1.82, 2.24) is 4.98 Å². The first kappa shape index (κ1) is 8.71. The maximum absolute atomic E-state index is 11.7. The Hall–Kier alpha value is -1.58. The van der Waals surface area contributed by atoms with Crippen LogP contribution in [0.2, 0.25) is 0 Å². The van der Waals surface area contributed by atoms with Gasteiger partial charge in [-0.3, -0.25) is 4.79 Å². The van der Waals surface area contributed by atoms with Crippen LogP contribution in [0.4, 0.5) is 5.69 Å². The van der Waals surface area contributed by atoms with Gasteiger partial charge in [0.15, 0.2) is 0 Å². The molecule has 4 nitrogen and oxygen atoms in total. The molecule has 4 heteroatoms. The Labute approximate surface area is 87.9 Å². The van der Waals surface area contributed by atoms with E-state index in [1.54, 1.807) is 6.20 Å². The van der Waals surface area contributed by atoms with Gasteiger partial charge in [0.05, 0.1) is 6.04 Å². The first-order valence-electron chi connectivity index (χ1n) is 5.17. The summed E-state index contributed by atoms with van der Waals surface area (Å²) in [7, 11) is 0. The highest BCUT2D eigenvalue weighted by molar-refractivity contribution is 5.97. The monoisotopic (exact) mass is 204 g/mol. The quantitative estimate of drug-likeness (QED) is 0.639. The summed E-state index contributed by atoms with van der Waals surface area (Å²) >= 11 is 0. The van der Waals surface area contributed by atoms with Crippen molar-refractivity contribution in [1.29, 1.82) is 0 Å². The van der Waals surface area contributed by atoms with Gasteiger partial charge in [0.25, 0.3) is 0 Å². The van der Waals surface area contributed by atoms with Crippen LogP contribution < -0.4 is 9.64 Å². The van der Waals surface area contributed by atoms with Crippen LogP contribution in [0.15, 0.2) is 12.3 Å². The number of hydrogen-bond donors (Lipinski definition) is 0. The van der Waals surface area contributed by atoms with Gasteiger partial charge in [-0.05, 0) is 25.0 Å². The molecule has 1 fully saturated rings. The lowest BCUT2D eigenvalue weighted by atomic mass is 10.2. The van der Waals surface area contributed by atoms with Crippen LogP contribution >= 0.6 is 0 Å². The van der Waals surface area contributed by atoms with Crippen LogP contribution in [0.3, 0.4) is 0 Å². The molecule has 0 N–H and O–H groups in total. The lowest BCUT2D eigenvalue weighted by Crippen LogP contribution is -2.40. The number of carbonyl (C=O) groups excluding carboxylic acids is 1. The fourth-order valence-corrected chi connectivity index (χ4v) is 2.23. The second-order valence-electron chi connectivity index (χ2n) is 4.10. The number of nitrogens with zero attached hydrogens (tertiary/aromatic N) is 2. The molecule has 15 heavy (non-hydrogen) atoms. The number of pyridine rings is 1. The van der Waals surface area contributed by atoms with Gasteiger partial charge in [-0.15, -0.1) is 0 Å². The molecule has 1 atom stereocenters. The van der Waals surface area contributed by atoms with E-state index in [4.69, 9.17) is 4.74 Å². The molecular weight excluding hydrogens is 192 g/mol. The standard InChI is InChI=1S/C11H12N2O2/c1-7-4-9-11(12-5-7)15-6-8-2-3-10(14)13(8)9/h4-5,8H,2-3,6H2,1H3. The van der Waals surface area contributed by atoms with Gasteiger partial charge in [-0.2, -0.15) is 0 Å². The Balaban J connectivity index is 2.12. The number of anilines is 1. The van der Waals surface area contributed by atoms with E-state index >= 15 is 0 Å². The zero-order valence-electron chi connectivity index (χ0n) is 8.56. The summed E-state index contributed by atoms with van der Waals surface area (Å²) in [5.41, 5.74) is 1.89. The number of aromatic nitrogens is 1. The summed E-state index contributed by atoms with van der Waals surface area (Å²) in [5, 5.41) is 0. The Morgan fingerprint density at radius 2 is 2.47 bits per heavy atom. The van der Waals surface area contributed by atoms with Crippen molar-refractivity contribution in [3.63, 3.8) is 0 Å². The van der Waals surface area contributed by atoms with Crippen LogP contribution in [-0.2, 0) is 4.79 Å². The van der Waals surface area contributed by atoms with E-state index in [2.05, 4.69) is 4.98 Å². The average Bonchev–Trinajstić information content (AvgIpc) is 2.60. The lowest BCUT2D eigenvalue weighted by Gasteiger charge is -2.31. The van der Waals surface area contributed by atoms with Crippen LogP contribution in [0, 0.1) is 6.92 Å². The first-order valence-corrected chi connectivity index (χ1v) is 5.17. The van der Waals surface area contributed by atoms with E-state index < -0.39 is 0 Å². The zero-order valence-corrected chi connectivity index (χ0v) is 8.56. The number of rotatable bonds is 0. The minimum atomic E-state index is 0.192. The molecule has 0 spiro atoms. The number of fused-ring (bicyclic) bond motifs is 3. The number of ether oxygens (including phenoxy) is 1. The third-order valence-electron chi connectivity index (χ3n) is 2.97. The minimum absolute atomic E-state index is 0.192. The summed E-state index contributed by atoms with van der Waals surface area (Å²) in [6, 6.07) is 2.19. The van der Waals surface area contributed by atoms with Gasteiger partial charge in [-0.1, -0.05) is 0 Å². The third-order valence-corrected chi connectivity index (χ3v) is 2.97. The summed E-state index contributed by atoms with van der Waals surface area (Å²) in [5.74, 6) is 0.782. The lowest BCUT2D eigenvalue weighted by molar-refractivity contribution is -0.117. The fourth-order valence-electron chi connectivity index (χ4n) is 2.23. The highest BCUT2D eigenvalue weighted by Crippen LogP contribution is 2.37. The molecule has 1 saturated heterocycles. The van der Waals surface area contributed by atoms with E-state index in [9.17, 15) is 4.79 Å². The molecule has 2 aliphatic heterocycles. The second kappa shape index (κ2) is 2.95. The Kier molecular flexibility index (Phi) is 1.71. The number of carbonyl (C=O) groups is 1. The van der Waals surface area contributed by atoms with Gasteiger partial charge >= 0.3 is 0 Å². The predicted molar refractivity (Wildman–Crippen MR) is 55.0 cm³/mol. The van der Waals surface area contributed by atoms with Crippen molar-refractivity contribution < 1.29 is 9.53 Å². The van der Waals surface area contributed by atoms with Gasteiger partial charge in [0.2, 0.25) is 11.8 Å². The zero-order chi connectivity index (χ0) is 10.4. The van der Waals surface area contributed by atoms with Crippen molar-refractivity contribution >= 4 is 11.6 Å². The van der Waals surface area contributed by atoms with Gasteiger partial charge in [0, 0.05) is 12.6 Å². The molecule has 3 rings (SSSR count). The molecule has 0 bridgehead atoms. The molecular formula is C11H12N2O2. The van der Waals surface area contributed by atoms with Crippen molar-refractivity contribution in [3.05, 3.63) is 17.8 Å². The average molecular weight is 204 g/mol. The molecule has 2 aliphatic rings. The number of amides is 1. The van der Waals surface area contributed by atoms with Crippen molar-refractivity contribution in [2.45, 2.75) is 25.8 Å². The summed E-state index contributed by atoms with van der Waals surface area (Å²) in [6.45, 7) is 2.55. The largest absolute Gasteiger partial charge is 0.474 e. The third kappa shape index (κ3) is 1.21.